The van der Waals surface area contributed by atoms with Crippen LogP contribution in [-0.2, 0) is 11.2 Å². The smallest absolute Gasteiger partial charge is 0.163 e. The summed E-state index contributed by atoms with van der Waals surface area (Å²) in [4.78, 5) is 17.0. The number of pyridine rings is 2. The summed E-state index contributed by atoms with van der Waals surface area (Å²) >= 11 is 0. The van der Waals surface area contributed by atoms with E-state index in [1.54, 1.807) is 12.4 Å². The van der Waals surface area contributed by atoms with Gasteiger partial charge in [-0.1, -0.05) is 13.0 Å². The van der Waals surface area contributed by atoms with E-state index in [-0.39, 0.29) is 12.3 Å². The number of hydrogen-bond acceptors (Lipinski definition) is 7. The molecule has 1 fully saturated rings. The lowest BCUT2D eigenvalue weighted by Crippen LogP contribution is -2.07. The molecule has 1 N–H and O–H groups in total. The Morgan fingerprint density at radius 1 is 1.12 bits per heavy atom. The van der Waals surface area contributed by atoms with Gasteiger partial charge in [-0.05, 0) is 25.5 Å². The zero-order valence-electron chi connectivity index (χ0n) is 14.6. The molecule has 26 heavy (non-hydrogen) atoms. The first-order chi connectivity index (χ1) is 12.7. The van der Waals surface area contributed by atoms with Crippen molar-refractivity contribution in [1.29, 1.82) is 0 Å². The number of nitrogens with one attached hydrogen (secondary N) is 1. The zero-order valence-corrected chi connectivity index (χ0v) is 14.6. The third kappa shape index (κ3) is 3.78. The number of epoxide rings is 1. The van der Waals surface area contributed by atoms with E-state index in [4.69, 9.17) is 9.47 Å². The van der Waals surface area contributed by atoms with Gasteiger partial charge in [0.1, 0.15) is 24.0 Å². The molecule has 0 aliphatic carbocycles. The zero-order chi connectivity index (χ0) is 17.9. The standard InChI is InChI=1S/C19H19N5O2/c1-3-13-5-4-6-17(23-13)24-19-18(26-19)16-8-14(7-12(2)22-16)25-15-9-20-11-21-10-15/h4-11,18-19H,3H2,1-2H3,(H,23,24). The maximum Gasteiger partial charge on any atom is 0.163 e. The van der Waals surface area contributed by atoms with Crippen LogP contribution in [0.2, 0.25) is 0 Å². The molecule has 0 bridgehead atoms. The average molecular weight is 349 g/mol. The van der Waals surface area contributed by atoms with Crippen LogP contribution in [0.25, 0.3) is 0 Å². The van der Waals surface area contributed by atoms with E-state index in [0.29, 0.717) is 11.5 Å². The molecule has 4 rings (SSSR count). The maximum atomic E-state index is 5.81. The van der Waals surface area contributed by atoms with Gasteiger partial charge in [0.15, 0.2) is 12.0 Å². The predicted octanol–water partition coefficient (Wildman–Crippen LogP) is 3.44. The number of rotatable bonds is 6. The first-order valence-corrected chi connectivity index (χ1v) is 8.50. The van der Waals surface area contributed by atoms with Gasteiger partial charge in [-0.15, -0.1) is 0 Å². The van der Waals surface area contributed by atoms with Crippen LogP contribution in [0.1, 0.15) is 30.1 Å². The van der Waals surface area contributed by atoms with E-state index >= 15 is 0 Å². The van der Waals surface area contributed by atoms with E-state index in [0.717, 1.165) is 29.3 Å². The van der Waals surface area contributed by atoms with Crippen molar-refractivity contribution in [3.05, 3.63) is 66.1 Å². The van der Waals surface area contributed by atoms with Gasteiger partial charge in [0, 0.05) is 23.5 Å². The minimum Gasteiger partial charge on any atom is -0.454 e. The first-order valence-electron chi connectivity index (χ1n) is 8.50. The molecule has 1 saturated heterocycles. The van der Waals surface area contributed by atoms with Crippen LogP contribution in [0.3, 0.4) is 0 Å². The van der Waals surface area contributed by atoms with Gasteiger partial charge < -0.3 is 14.8 Å². The second-order valence-corrected chi connectivity index (χ2v) is 6.03. The number of hydrogen-bond donors (Lipinski definition) is 1. The Bertz CT molecular complexity index is 903. The van der Waals surface area contributed by atoms with E-state index in [2.05, 4.69) is 32.2 Å². The van der Waals surface area contributed by atoms with Crippen molar-refractivity contribution in [2.45, 2.75) is 32.6 Å². The van der Waals surface area contributed by atoms with Crippen molar-refractivity contribution < 1.29 is 9.47 Å². The fourth-order valence-electron chi connectivity index (χ4n) is 2.69. The van der Waals surface area contributed by atoms with Gasteiger partial charge in [0.05, 0.1) is 18.1 Å². The highest BCUT2D eigenvalue weighted by atomic mass is 16.6. The van der Waals surface area contributed by atoms with Crippen molar-refractivity contribution in [3.63, 3.8) is 0 Å². The van der Waals surface area contributed by atoms with Gasteiger partial charge in [-0.3, -0.25) is 4.98 Å². The molecular formula is C19H19N5O2. The molecule has 4 heterocycles. The van der Waals surface area contributed by atoms with Crippen molar-refractivity contribution >= 4 is 5.82 Å². The Labute approximate surface area is 151 Å². The van der Waals surface area contributed by atoms with Crippen molar-refractivity contribution in [2.75, 3.05) is 5.32 Å². The molecule has 2 atom stereocenters. The Balaban J connectivity index is 1.47. The lowest BCUT2D eigenvalue weighted by Gasteiger charge is -2.07. The normalized spacial score (nSPS) is 18.4. The Kier molecular flexibility index (Phi) is 4.45. The quantitative estimate of drug-likeness (QED) is 0.682. The third-order valence-electron chi connectivity index (χ3n) is 3.96. The second-order valence-electron chi connectivity index (χ2n) is 6.03. The van der Waals surface area contributed by atoms with E-state index in [1.165, 1.54) is 6.33 Å². The summed E-state index contributed by atoms with van der Waals surface area (Å²) in [5.74, 6) is 2.07. The van der Waals surface area contributed by atoms with Crippen LogP contribution in [0.15, 0.2) is 49.1 Å². The topological polar surface area (TPSA) is 85.4 Å². The van der Waals surface area contributed by atoms with Crippen LogP contribution in [0.4, 0.5) is 5.82 Å². The van der Waals surface area contributed by atoms with Crippen LogP contribution in [-0.4, -0.2) is 26.2 Å². The monoisotopic (exact) mass is 349 g/mol. The summed E-state index contributed by atoms with van der Waals surface area (Å²) in [5.41, 5.74) is 2.72. The summed E-state index contributed by atoms with van der Waals surface area (Å²) in [6, 6.07) is 9.68. The van der Waals surface area contributed by atoms with Crippen LogP contribution in [0, 0.1) is 6.92 Å². The van der Waals surface area contributed by atoms with Gasteiger partial charge in [-0.25, -0.2) is 15.0 Å². The molecule has 2 unspecified atom stereocenters. The number of aryl methyl sites for hydroxylation is 2. The van der Waals surface area contributed by atoms with Crippen LogP contribution < -0.4 is 10.1 Å². The Morgan fingerprint density at radius 3 is 2.77 bits per heavy atom. The molecule has 0 aromatic carbocycles. The number of anilines is 1. The molecule has 7 nitrogen and oxygen atoms in total. The number of ether oxygens (including phenoxy) is 2. The lowest BCUT2D eigenvalue weighted by atomic mass is 10.2. The average Bonchev–Trinajstić information content (AvgIpc) is 3.41. The molecule has 3 aromatic rings. The minimum absolute atomic E-state index is 0.128. The van der Waals surface area contributed by atoms with Crippen LogP contribution >= 0.6 is 0 Å². The fourth-order valence-corrected chi connectivity index (χ4v) is 2.69. The lowest BCUT2D eigenvalue weighted by molar-refractivity contribution is 0.381. The molecule has 0 spiro atoms. The molecule has 0 radical (unpaired) electrons. The molecule has 132 valence electrons. The third-order valence-corrected chi connectivity index (χ3v) is 3.96. The summed E-state index contributed by atoms with van der Waals surface area (Å²) in [6.45, 7) is 4.01. The SMILES string of the molecule is CCc1cccc(NC2OC2c2cc(Oc3cncnc3)cc(C)n2)n1. The number of aromatic nitrogens is 4. The summed E-state index contributed by atoms with van der Waals surface area (Å²) < 4.78 is 11.6. The highest BCUT2D eigenvalue weighted by molar-refractivity contribution is 5.39. The molecule has 0 amide bonds. The van der Waals surface area contributed by atoms with Gasteiger partial charge in [0.2, 0.25) is 0 Å². The molecule has 1 aliphatic heterocycles. The summed E-state index contributed by atoms with van der Waals surface area (Å²) in [5, 5.41) is 3.29. The predicted molar refractivity (Wildman–Crippen MR) is 95.9 cm³/mol. The Morgan fingerprint density at radius 2 is 1.96 bits per heavy atom. The second kappa shape index (κ2) is 7.05. The molecular weight excluding hydrogens is 330 g/mol. The summed E-state index contributed by atoms with van der Waals surface area (Å²) in [6.07, 6.45) is 5.33. The fraction of sp³-hybridized carbons (Fsp3) is 0.263. The molecule has 1 aliphatic rings. The molecule has 0 saturated carbocycles. The molecule has 3 aromatic heterocycles. The first kappa shape index (κ1) is 16.4. The number of nitrogens with zero attached hydrogens (tertiary/aromatic N) is 4. The van der Waals surface area contributed by atoms with Crippen molar-refractivity contribution in [1.82, 2.24) is 19.9 Å². The molecule has 7 heteroatoms. The van der Waals surface area contributed by atoms with Crippen LogP contribution in [0.5, 0.6) is 11.5 Å². The van der Waals surface area contributed by atoms with E-state index in [9.17, 15) is 0 Å². The van der Waals surface area contributed by atoms with Gasteiger partial charge in [0.25, 0.3) is 0 Å². The highest BCUT2D eigenvalue weighted by Gasteiger charge is 2.42. The minimum atomic E-state index is -0.142. The Hall–Kier alpha value is -3.06. The van der Waals surface area contributed by atoms with E-state index < -0.39 is 0 Å². The maximum absolute atomic E-state index is 5.81. The summed E-state index contributed by atoms with van der Waals surface area (Å²) in [7, 11) is 0. The van der Waals surface area contributed by atoms with Crippen molar-refractivity contribution in [3.8, 4) is 11.5 Å². The van der Waals surface area contributed by atoms with Crippen molar-refractivity contribution in [2.24, 2.45) is 0 Å². The van der Waals surface area contributed by atoms with Gasteiger partial charge >= 0.3 is 0 Å². The largest absolute Gasteiger partial charge is 0.454 e. The van der Waals surface area contributed by atoms with Gasteiger partial charge in [-0.2, -0.15) is 0 Å². The van der Waals surface area contributed by atoms with E-state index in [1.807, 2.05) is 37.3 Å². The highest BCUT2D eigenvalue weighted by Crippen LogP contribution is 2.39.